The number of hydrogen-bond acceptors (Lipinski definition) is 3. The molecule has 1 saturated heterocycles. The number of fused-ring (bicyclic) bond motifs is 1. The molecule has 5 nitrogen and oxygen atoms in total. The summed E-state index contributed by atoms with van der Waals surface area (Å²) in [4.78, 5) is 20.2. The van der Waals surface area contributed by atoms with Crippen molar-refractivity contribution < 1.29 is 9.53 Å². The number of amides is 2. The zero-order valence-electron chi connectivity index (χ0n) is 18.7. The first-order valence-corrected chi connectivity index (χ1v) is 11.6. The van der Waals surface area contributed by atoms with Gasteiger partial charge < -0.3 is 19.4 Å². The van der Waals surface area contributed by atoms with Gasteiger partial charge in [0.15, 0.2) is 0 Å². The van der Waals surface area contributed by atoms with Gasteiger partial charge in [-0.15, -0.1) is 0 Å². The molecule has 1 aliphatic carbocycles. The van der Waals surface area contributed by atoms with E-state index in [0.717, 1.165) is 50.1 Å². The zero-order chi connectivity index (χ0) is 21.4. The quantitative estimate of drug-likeness (QED) is 0.712. The van der Waals surface area contributed by atoms with Crippen molar-refractivity contribution in [2.45, 2.75) is 64.4 Å². The monoisotopic (exact) mass is 419 g/mol. The molecule has 0 unspecified atom stereocenters. The van der Waals surface area contributed by atoms with E-state index in [-0.39, 0.29) is 6.03 Å². The lowest BCUT2D eigenvalue weighted by molar-refractivity contribution is 0.101. The maximum atomic E-state index is 13.7. The molecule has 0 radical (unpaired) electrons. The van der Waals surface area contributed by atoms with Gasteiger partial charge in [-0.1, -0.05) is 35.9 Å². The van der Waals surface area contributed by atoms with Gasteiger partial charge in [-0.3, -0.25) is 0 Å². The standard InChI is InChI=1S/C26H33N3O2/c1-19-3-6-21-18-29(23-11-13-27(2)14-12-23)26(30)28(17-22(21)15-19)16-20-4-7-24(8-5-20)31-25-9-10-25/h3-8,15,23,25H,9-14,16-18H2,1-2H3. The molecule has 0 bridgehead atoms. The SMILES string of the molecule is Cc1ccc2c(c1)CN(Cc1ccc(OC3CC3)cc1)C(=O)N(C1CCN(C)CC1)C2. The minimum absolute atomic E-state index is 0.168. The summed E-state index contributed by atoms with van der Waals surface area (Å²) in [5.41, 5.74) is 4.96. The predicted molar refractivity (Wildman–Crippen MR) is 122 cm³/mol. The number of aryl methyl sites for hydroxylation is 1. The number of carbonyl (C=O) groups is 1. The molecule has 164 valence electrons. The summed E-state index contributed by atoms with van der Waals surface area (Å²) in [6.45, 7) is 6.24. The van der Waals surface area contributed by atoms with E-state index < -0.39 is 0 Å². The number of urea groups is 1. The van der Waals surface area contributed by atoms with E-state index in [1.54, 1.807) is 0 Å². The van der Waals surface area contributed by atoms with Crippen LogP contribution < -0.4 is 4.74 Å². The smallest absolute Gasteiger partial charge is 0.321 e. The minimum Gasteiger partial charge on any atom is -0.490 e. The normalized spacial score (nSPS) is 20.5. The summed E-state index contributed by atoms with van der Waals surface area (Å²) >= 11 is 0. The molecule has 2 amide bonds. The first kappa shape index (κ1) is 20.4. The van der Waals surface area contributed by atoms with Crippen molar-refractivity contribution in [2.24, 2.45) is 0 Å². The van der Waals surface area contributed by atoms with Gasteiger partial charge in [-0.05, 0) is 81.6 Å². The van der Waals surface area contributed by atoms with Crippen molar-refractivity contribution in [3.8, 4) is 5.75 Å². The molecule has 2 heterocycles. The van der Waals surface area contributed by atoms with Gasteiger partial charge in [0.05, 0.1) is 6.10 Å². The van der Waals surface area contributed by atoms with Crippen molar-refractivity contribution in [2.75, 3.05) is 20.1 Å². The van der Waals surface area contributed by atoms with Crippen LogP contribution in [0.2, 0.25) is 0 Å². The lowest BCUT2D eigenvalue weighted by Crippen LogP contribution is -2.49. The average molecular weight is 420 g/mol. The Balaban J connectivity index is 1.38. The van der Waals surface area contributed by atoms with Crippen molar-refractivity contribution in [3.05, 3.63) is 64.7 Å². The molecule has 5 rings (SSSR count). The Bertz CT molecular complexity index is 930. The molecule has 0 atom stereocenters. The number of carbonyl (C=O) groups excluding carboxylic acids is 1. The first-order chi connectivity index (χ1) is 15.0. The van der Waals surface area contributed by atoms with E-state index in [4.69, 9.17) is 4.74 Å². The number of piperidine rings is 1. The summed E-state index contributed by atoms with van der Waals surface area (Å²) in [7, 11) is 2.17. The van der Waals surface area contributed by atoms with Crippen LogP contribution in [0.1, 0.15) is 47.9 Å². The molecule has 31 heavy (non-hydrogen) atoms. The van der Waals surface area contributed by atoms with Gasteiger partial charge in [0.25, 0.3) is 0 Å². The molecule has 2 aromatic carbocycles. The molecular formula is C26H33N3O2. The van der Waals surface area contributed by atoms with E-state index in [1.807, 2.05) is 17.0 Å². The van der Waals surface area contributed by atoms with Crippen LogP contribution in [0.25, 0.3) is 0 Å². The maximum Gasteiger partial charge on any atom is 0.321 e. The van der Waals surface area contributed by atoms with Gasteiger partial charge in [0.1, 0.15) is 5.75 Å². The lowest BCUT2D eigenvalue weighted by Gasteiger charge is -2.38. The Morgan fingerprint density at radius 1 is 0.935 bits per heavy atom. The Hall–Kier alpha value is -2.53. The summed E-state index contributed by atoms with van der Waals surface area (Å²) in [5.74, 6) is 0.933. The Morgan fingerprint density at radius 2 is 1.68 bits per heavy atom. The molecule has 1 saturated carbocycles. The number of likely N-dealkylation sites (tertiary alicyclic amines) is 1. The highest BCUT2D eigenvalue weighted by Gasteiger charge is 2.33. The number of nitrogens with zero attached hydrogens (tertiary/aromatic N) is 3. The minimum atomic E-state index is 0.168. The molecule has 2 aliphatic heterocycles. The fraction of sp³-hybridized carbons (Fsp3) is 0.500. The van der Waals surface area contributed by atoms with Crippen LogP contribution in [-0.2, 0) is 19.6 Å². The van der Waals surface area contributed by atoms with Crippen LogP contribution in [0.15, 0.2) is 42.5 Å². The second-order valence-electron chi connectivity index (χ2n) is 9.53. The average Bonchev–Trinajstić information content (AvgIpc) is 3.59. The fourth-order valence-corrected chi connectivity index (χ4v) is 4.75. The summed E-state index contributed by atoms with van der Waals surface area (Å²) in [5, 5.41) is 0. The predicted octanol–water partition coefficient (Wildman–Crippen LogP) is 4.57. The Kier molecular flexibility index (Phi) is 5.61. The third-order valence-electron chi connectivity index (χ3n) is 6.83. The van der Waals surface area contributed by atoms with E-state index in [2.05, 4.69) is 54.1 Å². The lowest BCUT2D eigenvalue weighted by atomic mass is 10.0. The maximum absolute atomic E-state index is 13.7. The molecule has 5 heteroatoms. The van der Waals surface area contributed by atoms with Crippen molar-refractivity contribution in [3.63, 3.8) is 0 Å². The Labute approximate surface area is 185 Å². The molecular weight excluding hydrogens is 386 g/mol. The van der Waals surface area contributed by atoms with Gasteiger partial charge in [-0.2, -0.15) is 0 Å². The third-order valence-corrected chi connectivity index (χ3v) is 6.83. The Morgan fingerprint density at radius 3 is 2.39 bits per heavy atom. The molecule has 2 aromatic rings. The highest BCUT2D eigenvalue weighted by atomic mass is 16.5. The van der Waals surface area contributed by atoms with Crippen LogP contribution in [-0.4, -0.2) is 53.0 Å². The highest BCUT2D eigenvalue weighted by Crippen LogP contribution is 2.29. The van der Waals surface area contributed by atoms with Crippen LogP contribution in [0.4, 0.5) is 4.79 Å². The third kappa shape index (κ3) is 4.72. The largest absolute Gasteiger partial charge is 0.490 e. The number of ether oxygens (including phenoxy) is 1. The number of hydrogen-bond donors (Lipinski definition) is 0. The molecule has 0 aromatic heterocycles. The van der Waals surface area contributed by atoms with E-state index in [0.29, 0.717) is 31.8 Å². The first-order valence-electron chi connectivity index (χ1n) is 11.6. The topological polar surface area (TPSA) is 36.0 Å². The fourth-order valence-electron chi connectivity index (χ4n) is 4.75. The van der Waals surface area contributed by atoms with Crippen LogP contribution in [0.5, 0.6) is 5.75 Å². The second kappa shape index (κ2) is 8.54. The van der Waals surface area contributed by atoms with Crippen LogP contribution in [0.3, 0.4) is 0 Å². The van der Waals surface area contributed by atoms with Gasteiger partial charge in [-0.25, -0.2) is 4.79 Å². The van der Waals surface area contributed by atoms with E-state index in [1.165, 1.54) is 16.7 Å². The van der Waals surface area contributed by atoms with Gasteiger partial charge in [0.2, 0.25) is 0 Å². The van der Waals surface area contributed by atoms with Gasteiger partial charge in [0, 0.05) is 25.7 Å². The zero-order valence-corrected chi connectivity index (χ0v) is 18.7. The second-order valence-corrected chi connectivity index (χ2v) is 9.53. The molecule has 2 fully saturated rings. The molecule has 3 aliphatic rings. The summed E-state index contributed by atoms with van der Waals surface area (Å²) in [6.07, 6.45) is 4.82. The van der Waals surface area contributed by atoms with E-state index in [9.17, 15) is 4.79 Å². The van der Waals surface area contributed by atoms with Crippen molar-refractivity contribution in [1.82, 2.24) is 14.7 Å². The highest BCUT2D eigenvalue weighted by molar-refractivity contribution is 5.76. The summed E-state index contributed by atoms with van der Waals surface area (Å²) in [6, 6.07) is 15.4. The summed E-state index contributed by atoms with van der Waals surface area (Å²) < 4.78 is 5.88. The van der Waals surface area contributed by atoms with E-state index >= 15 is 0 Å². The van der Waals surface area contributed by atoms with Crippen molar-refractivity contribution >= 4 is 6.03 Å². The number of benzene rings is 2. The number of rotatable bonds is 5. The van der Waals surface area contributed by atoms with Crippen LogP contribution in [0, 0.1) is 6.92 Å². The van der Waals surface area contributed by atoms with Gasteiger partial charge >= 0.3 is 6.03 Å². The van der Waals surface area contributed by atoms with Crippen molar-refractivity contribution in [1.29, 1.82) is 0 Å². The van der Waals surface area contributed by atoms with Crippen LogP contribution >= 0.6 is 0 Å². The molecule has 0 N–H and O–H groups in total. The molecule has 0 spiro atoms.